The van der Waals surface area contributed by atoms with Gasteiger partial charge in [-0.05, 0) is 5.56 Å². The Morgan fingerprint density at radius 2 is 1.74 bits per heavy atom. The molecule has 0 saturated heterocycles. The maximum absolute atomic E-state index is 12.4. The second-order valence-corrected chi connectivity index (χ2v) is 3.90. The summed E-state index contributed by atoms with van der Waals surface area (Å²) in [7, 11) is 0. The molecule has 0 spiro atoms. The molecule has 1 heterocycles. The molecule has 0 saturated carbocycles. The topological polar surface area (TPSA) is 54.9 Å². The molecule has 4 nitrogen and oxygen atoms in total. The van der Waals surface area contributed by atoms with Crippen molar-refractivity contribution in [2.24, 2.45) is 0 Å². The van der Waals surface area contributed by atoms with Crippen molar-refractivity contribution in [2.75, 3.05) is 0 Å². The zero-order valence-corrected chi connectivity index (χ0v) is 9.57. The average Bonchev–Trinajstić information content (AvgIpc) is 2.33. The number of benzene rings is 1. The summed E-state index contributed by atoms with van der Waals surface area (Å²) in [6.45, 7) is -0.0762. The molecule has 0 fully saturated rings. The van der Waals surface area contributed by atoms with E-state index in [9.17, 15) is 22.8 Å². The van der Waals surface area contributed by atoms with E-state index in [0.717, 1.165) is 0 Å². The number of nitrogens with zero attached hydrogens (tertiary/aromatic N) is 1. The van der Waals surface area contributed by atoms with Gasteiger partial charge in [0.15, 0.2) is 0 Å². The minimum absolute atomic E-state index is 0.0762. The summed E-state index contributed by atoms with van der Waals surface area (Å²) in [5.74, 6) is 0. The van der Waals surface area contributed by atoms with Crippen LogP contribution in [0.5, 0.6) is 0 Å². The summed E-state index contributed by atoms with van der Waals surface area (Å²) in [6, 6.07) is 8.89. The highest BCUT2D eigenvalue weighted by molar-refractivity contribution is 5.15. The number of halogens is 3. The number of aromatic amines is 1. The lowest BCUT2D eigenvalue weighted by atomic mass is 10.2. The summed E-state index contributed by atoms with van der Waals surface area (Å²) < 4.78 is 37.9. The van der Waals surface area contributed by atoms with E-state index < -0.39 is 23.1 Å². The molecule has 1 aromatic carbocycles. The third kappa shape index (κ3) is 2.93. The van der Waals surface area contributed by atoms with Crippen LogP contribution in [-0.2, 0) is 12.7 Å². The first kappa shape index (κ1) is 13.1. The number of hydrogen-bond acceptors (Lipinski definition) is 2. The highest BCUT2D eigenvalue weighted by Crippen LogP contribution is 2.25. The molecule has 0 amide bonds. The maximum Gasteiger partial charge on any atom is 0.431 e. The fourth-order valence-corrected chi connectivity index (χ4v) is 1.59. The Morgan fingerprint density at radius 3 is 2.26 bits per heavy atom. The molecular formula is C12H9F3N2O2. The van der Waals surface area contributed by atoms with E-state index in [0.29, 0.717) is 16.2 Å². The predicted molar refractivity (Wildman–Crippen MR) is 61.9 cm³/mol. The van der Waals surface area contributed by atoms with Gasteiger partial charge in [0.05, 0.1) is 6.54 Å². The normalized spacial score (nSPS) is 11.5. The van der Waals surface area contributed by atoms with E-state index in [2.05, 4.69) is 0 Å². The second kappa shape index (κ2) is 4.75. The van der Waals surface area contributed by atoms with E-state index >= 15 is 0 Å². The monoisotopic (exact) mass is 270 g/mol. The Hall–Kier alpha value is -2.31. The first-order chi connectivity index (χ1) is 8.88. The molecule has 0 bridgehead atoms. The van der Waals surface area contributed by atoms with Crippen molar-refractivity contribution in [2.45, 2.75) is 12.7 Å². The van der Waals surface area contributed by atoms with Gasteiger partial charge in [-0.25, -0.2) is 4.79 Å². The van der Waals surface area contributed by atoms with Crippen LogP contribution < -0.4 is 11.2 Å². The molecule has 0 aliphatic carbocycles. The average molecular weight is 270 g/mol. The number of nitrogens with one attached hydrogen (secondary N) is 1. The number of H-pyrrole nitrogens is 1. The molecule has 0 radical (unpaired) electrons. The fraction of sp³-hybridized carbons (Fsp3) is 0.167. The third-order valence-electron chi connectivity index (χ3n) is 2.51. The molecule has 100 valence electrons. The van der Waals surface area contributed by atoms with Gasteiger partial charge in [-0.1, -0.05) is 30.3 Å². The standard InChI is InChI=1S/C12H9F3N2O2/c13-12(14,15)9-6-10(18)17(11(19)16-9)7-8-4-2-1-3-5-8/h1-6H,7H2,(H,16,19). The van der Waals surface area contributed by atoms with E-state index in [1.165, 1.54) is 0 Å². The van der Waals surface area contributed by atoms with Crippen LogP contribution in [0, 0.1) is 0 Å². The Morgan fingerprint density at radius 1 is 1.11 bits per heavy atom. The van der Waals surface area contributed by atoms with Crippen molar-refractivity contribution in [3.8, 4) is 0 Å². The van der Waals surface area contributed by atoms with E-state index in [-0.39, 0.29) is 6.54 Å². The van der Waals surface area contributed by atoms with Gasteiger partial charge < -0.3 is 4.98 Å². The van der Waals surface area contributed by atoms with Crippen molar-refractivity contribution >= 4 is 0 Å². The number of aromatic nitrogens is 2. The van der Waals surface area contributed by atoms with Crippen molar-refractivity contribution in [1.82, 2.24) is 9.55 Å². The Bertz CT molecular complexity index is 655. The molecule has 1 aromatic heterocycles. The Labute approximate surface area is 105 Å². The SMILES string of the molecule is O=c1cc(C(F)(F)F)[nH]c(=O)n1Cc1ccccc1. The molecule has 0 aliphatic heterocycles. The van der Waals surface area contributed by atoms with Gasteiger partial charge in [-0.15, -0.1) is 0 Å². The molecule has 1 N–H and O–H groups in total. The number of alkyl halides is 3. The number of hydrogen-bond donors (Lipinski definition) is 1. The second-order valence-electron chi connectivity index (χ2n) is 3.90. The van der Waals surface area contributed by atoms with E-state index in [1.807, 2.05) is 0 Å². The van der Waals surface area contributed by atoms with Crippen molar-refractivity contribution in [3.05, 3.63) is 68.5 Å². The van der Waals surface area contributed by atoms with Gasteiger partial charge in [-0.3, -0.25) is 9.36 Å². The summed E-state index contributed by atoms with van der Waals surface area (Å²) in [6.07, 6.45) is -4.75. The lowest BCUT2D eigenvalue weighted by Crippen LogP contribution is -2.37. The van der Waals surface area contributed by atoms with Crippen LogP contribution >= 0.6 is 0 Å². The smallest absolute Gasteiger partial charge is 0.303 e. The lowest BCUT2D eigenvalue weighted by molar-refractivity contribution is -0.141. The molecule has 0 unspecified atom stereocenters. The first-order valence-corrected chi connectivity index (χ1v) is 5.33. The van der Waals surface area contributed by atoms with Gasteiger partial charge in [0.1, 0.15) is 5.69 Å². The van der Waals surface area contributed by atoms with E-state index in [4.69, 9.17) is 0 Å². The molecule has 0 aliphatic rings. The molecule has 2 aromatic rings. The molecule has 0 atom stereocenters. The van der Waals surface area contributed by atoms with Crippen LogP contribution in [0.15, 0.2) is 46.0 Å². The van der Waals surface area contributed by atoms with Gasteiger partial charge in [0, 0.05) is 6.07 Å². The molecule has 19 heavy (non-hydrogen) atoms. The third-order valence-corrected chi connectivity index (χ3v) is 2.51. The lowest BCUT2D eigenvalue weighted by Gasteiger charge is -2.08. The first-order valence-electron chi connectivity index (χ1n) is 5.33. The number of rotatable bonds is 2. The van der Waals surface area contributed by atoms with Crippen molar-refractivity contribution < 1.29 is 13.2 Å². The highest BCUT2D eigenvalue weighted by atomic mass is 19.4. The van der Waals surface area contributed by atoms with Crippen LogP contribution in [0.25, 0.3) is 0 Å². The Balaban J connectivity index is 2.44. The summed E-state index contributed by atoms with van der Waals surface area (Å²) >= 11 is 0. The largest absolute Gasteiger partial charge is 0.431 e. The van der Waals surface area contributed by atoms with Crippen LogP contribution in [0.2, 0.25) is 0 Å². The van der Waals surface area contributed by atoms with Gasteiger partial charge in [-0.2, -0.15) is 13.2 Å². The summed E-state index contributed by atoms with van der Waals surface area (Å²) in [5.41, 5.74) is -2.76. The maximum atomic E-state index is 12.4. The van der Waals surface area contributed by atoms with Gasteiger partial charge in [0.2, 0.25) is 0 Å². The quantitative estimate of drug-likeness (QED) is 0.901. The van der Waals surface area contributed by atoms with Gasteiger partial charge >= 0.3 is 11.9 Å². The fourth-order valence-electron chi connectivity index (χ4n) is 1.59. The van der Waals surface area contributed by atoms with Gasteiger partial charge in [0.25, 0.3) is 5.56 Å². The zero-order chi connectivity index (χ0) is 14.0. The minimum Gasteiger partial charge on any atom is -0.303 e. The summed E-state index contributed by atoms with van der Waals surface area (Å²) in [4.78, 5) is 24.7. The van der Waals surface area contributed by atoms with Crippen LogP contribution in [-0.4, -0.2) is 9.55 Å². The Kier molecular flexibility index (Phi) is 3.28. The summed E-state index contributed by atoms with van der Waals surface area (Å²) in [5, 5.41) is 0. The van der Waals surface area contributed by atoms with Crippen LogP contribution in [0.4, 0.5) is 13.2 Å². The zero-order valence-electron chi connectivity index (χ0n) is 9.57. The molecule has 2 rings (SSSR count). The minimum atomic E-state index is -4.75. The van der Waals surface area contributed by atoms with E-state index in [1.54, 1.807) is 35.3 Å². The van der Waals surface area contributed by atoms with Crippen LogP contribution in [0.3, 0.4) is 0 Å². The predicted octanol–water partition coefficient (Wildman–Crippen LogP) is 1.60. The molecule has 7 heteroatoms. The van der Waals surface area contributed by atoms with Crippen molar-refractivity contribution in [1.29, 1.82) is 0 Å². The molecular weight excluding hydrogens is 261 g/mol. The van der Waals surface area contributed by atoms with Crippen molar-refractivity contribution in [3.63, 3.8) is 0 Å². The highest BCUT2D eigenvalue weighted by Gasteiger charge is 2.32. The van der Waals surface area contributed by atoms with Crippen LogP contribution in [0.1, 0.15) is 11.3 Å².